The van der Waals surface area contributed by atoms with Crippen molar-refractivity contribution in [2.24, 2.45) is 17.8 Å². The standard InChI is InChI=1S/C25H42O7/c1-14(13-25(6)24(32-25)17(4)23(30-7)18(5)26)9-8-10-15(2)22-16(3)20(27)11-19(31-22)12-21(28)29/h8-10,14,16-20,22-24,26-27H,11-13H2,1-7H3,(H,28,29)/b9-8+,15-10+/t14-,16+,17-,18-,19-,20-,22-,23-,24-,25-/m1/s1. The molecule has 0 spiro atoms. The van der Waals surface area contributed by atoms with Crippen molar-refractivity contribution in [2.75, 3.05) is 7.11 Å². The second kappa shape index (κ2) is 11.3. The monoisotopic (exact) mass is 454 g/mol. The van der Waals surface area contributed by atoms with Gasteiger partial charge < -0.3 is 29.5 Å². The maximum absolute atomic E-state index is 11.0. The molecule has 0 aromatic carbocycles. The molecule has 7 nitrogen and oxygen atoms in total. The highest BCUT2D eigenvalue weighted by Crippen LogP contribution is 2.47. The van der Waals surface area contributed by atoms with Gasteiger partial charge in [0.25, 0.3) is 0 Å². The number of ether oxygens (including phenoxy) is 3. The van der Waals surface area contributed by atoms with Gasteiger partial charge in [0.1, 0.15) is 0 Å². The first-order chi connectivity index (χ1) is 14.9. The van der Waals surface area contributed by atoms with Crippen LogP contribution >= 0.6 is 0 Å². The van der Waals surface area contributed by atoms with Gasteiger partial charge in [0.2, 0.25) is 0 Å². The van der Waals surface area contributed by atoms with Crippen LogP contribution in [0, 0.1) is 17.8 Å². The van der Waals surface area contributed by atoms with Crippen molar-refractivity contribution >= 4 is 5.97 Å². The van der Waals surface area contributed by atoms with Crippen molar-refractivity contribution in [3.05, 3.63) is 23.8 Å². The van der Waals surface area contributed by atoms with Gasteiger partial charge in [0.15, 0.2) is 0 Å². The lowest BCUT2D eigenvalue weighted by Crippen LogP contribution is -2.44. The van der Waals surface area contributed by atoms with E-state index in [1.54, 1.807) is 14.0 Å². The van der Waals surface area contributed by atoms with Crippen LogP contribution in [-0.2, 0) is 19.0 Å². The lowest BCUT2D eigenvalue weighted by atomic mass is 9.85. The van der Waals surface area contributed by atoms with Crippen molar-refractivity contribution in [1.29, 1.82) is 0 Å². The van der Waals surface area contributed by atoms with Crippen LogP contribution in [-0.4, -0.2) is 70.6 Å². The predicted octanol–water partition coefficient (Wildman–Crippen LogP) is 3.33. The first-order valence-electron chi connectivity index (χ1n) is 11.7. The Hall–Kier alpha value is -1.25. The number of epoxide rings is 1. The van der Waals surface area contributed by atoms with Gasteiger partial charge in [0.05, 0.1) is 48.6 Å². The third kappa shape index (κ3) is 6.87. The highest BCUT2D eigenvalue weighted by atomic mass is 16.6. The van der Waals surface area contributed by atoms with Crippen LogP contribution in [0.15, 0.2) is 23.8 Å². The van der Waals surface area contributed by atoms with Crippen LogP contribution in [0.2, 0.25) is 0 Å². The SMILES string of the molecule is CO[C@H]([C@@H](C)[C@H]1O[C@]1(C)C[C@H](C)/C=C/C=C(\C)[C@H]1O[C@@H](CC(=O)O)C[C@@H](O)[C@@H]1C)[C@@H](C)O. The molecule has 2 heterocycles. The van der Waals surface area contributed by atoms with Crippen LogP contribution in [0.1, 0.15) is 60.8 Å². The summed E-state index contributed by atoms with van der Waals surface area (Å²) in [6.07, 6.45) is 5.12. The summed E-state index contributed by atoms with van der Waals surface area (Å²) in [5, 5.41) is 29.3. The van der Waals surface area contributed by atoms with E-state index in [2.05, 4.69) is 26.8 Å². The van der Waals surface area contributed by atoms with Crippen molar-refractivity contribution < 1.29 is 34.3 Å². The smallest absolute Gasteiger partial charge is 0.305 e. The molecule has 2 fully saturated rings. The molecule has 184 valence electrons. The minimum Gasteiger partial charge on any atom is -0.481 e. The maximum atomic E-state index is 11.0. The van der Waals surface area contributed by atoms with Gasteiger partial charge in [-0.05, 0) is 38.7 Å². The first kappa shape index (κ1) is 27.0. The molecule has 0 amide bonds. The number of methoxy groups -OCH3 is 1. The Morgan fingerprint density at radius 2 is 1.97 bits per heavy atom. The minimum atomic E-state index is -0.917. The third-order valence-corrected chi connectivity index (χ3v) is 6.99. The van der Waals surface area contributed by atoms with Gasteiger partial charge in [-0.25, -0.2) is 0 Å². The van der Waals surface area contributed by atoms with Crippen molar-refractivity contribution in [3.8, 4) is 0 Å². The van der Waals surface area contributed by atoms with Gasteiger partial charge in [-0.15, -0.1) is 0 Å². The zero-order valence-electron chi connectivity index (χ0n) is 20.5. The molecule has 3 N–H and O–H groups in total. The number of aliphatic carboxylic acids is 1. The molecule has 32 heavy (non-hydrogen) atoms. The topological polar surface area (TPSA) is 109 Å². The summed E-state index contributed by atoms with van der Waals surface area (Å²) in [6, 6.07) is 0. The molecular weight excluding hydrogens is 412 g/mol. The fourth-order valence-corrected chi connectivity index (χ4v) is 5.23. The zero-order chi connectivity index (χ0) is 24.2. The summed E-state index contributed by atoms with van der Waals surface area (Å²) in [6.45, 7) is 11.9. The lowest BCUT2D eigenvalue weighted by molar-refractivity contribution is -0.150. The molecule has 0 bridgehead atoms. The molecule has 0 aliphatic carbocycles. The van der Waals surface area contributed by atoms with Crippen molar-refractivity contribution in [1.82, 2.24) is 0 Å². The van der Waals surface area contributed by atoms with Crippen LogP contribution in [0.5, 0.6) is 0 Å². The summed E-state index contributed by atoms with van der Waals surface area (Å²) in [4.78, 5) is 11.0. The molecule has 0 radical (unpaired) electrons. The van der Waals surface area contributed by atoms with Crippen LogP contribution in [0.4, 0.5) is 0 Å². The summed E-state index contributed by atoms with van der Waals surface area (Å²) >= 11 is 0. The molecule has 10 atom stereocenters. The van der Waals surface area contributed by atoms with E-state index in [9.17, 15) is 15.0 Å². The summed E-state index contributed by atoms with van der Waals surface area (Å²) < 4.78 is 17.5. The number of carboxylic acid groups (broad SMARTS) is 1. The van der Waals surface area contributed by atoms with Crippen molar-refractivity contribution in [2.45, 2.75) is 103 Å². The molecule has 2 aliphatic rings. The Morgan fingerprint density at radius 1 is 1.31 bits per heavy atom. The molecule has 0 aromatic rings. The van der Waals surface area contributed by atoms with E-state index in [0.29, 0.717) is 6.42 Å². The molecule has 0 unspecified atom stereocenters. The van der Waals surface area contributed by atoms with Crippen LogP contribution < -0.4 is 0 Å². The number of hydrogen-bond acceptors (Lipinski definition) is 6. The Balaban J connectivity index is 1.93. The predicted molar refractivity (Wildman–Crippen MR) is 122 cm³/mol. The van der Waals surface area contributed by atoms with Gasteiger partial charge in [-0.1, -0.05) is 39.0 Å². The van der Waals surface area contributed by atoms with Gasteiger partial charge in [0, 0.05) is 25.4 Å². The number of aliphatic hydroxyl groups is 2. The van der Waals surface area contributed by atoms with E-state index in [4.69, 9.17) is 19.3 Å². The second-order valence-corrected chi connectivity index (χ2v) is 10.1. The molecule has 0 saturated carbocycles. The van der Waals surface area contributed by atoms with Crippen LogP contribution in [0.3, 0.4) is 0 Å². The van der Waals surface area contributed by atoms with E-state index in [-0.39, 0.29) is 48.1 Å². The minimum absolute atomic E-state index is 0.0549. The molecule has 2 rings (SSSR count). The normalized spacial score (nSPS) is 37.2. The number of hydrogen-bond donors (Lipinski definition) is 3. The van der Waals surface area contributed by atoms with Gasteiger partial charge >= 0.3 is 5.97 Å². The molecule has 2 aliphatic heterocycles. The molecular formula is C25H42O7. The lowest BCUT2D eigenvalue weighted by Gasteiger charge is -2.38. The quantitative estimate of drug-likeness (QED) is 0.324. The summed E-state index contributed by atoms with van der Waals surface area (Å²) in [5.74, 6) is -0.632. The van der Waals surface area contributed by atoms with E-state index in [1.165, 1.54) is 0 Å². The molecule has 2 saturated heterocycles. The highest BCUT2D eigenvalue weighted by molar-refractivity contribution is 5.67. The first-order valence-corrected chi connectivity index (χ1v) is 11.7. The number of aliphatic hydroxyl groups excluding tert-OH is 2. The van der Waals surface area contributed by atoms with E-state index < -0.39 is 24.3 Å². The second-order valence-electron chi connectivity index (χ2n) is 10.1. The average Bonchev–Trinajstić information content (AvgIpc) is 3.34. The van der Waals surface area contributed by atoms with Gasteiger partial charge in [-0.3, -0.25) is 4.79 Å². The van der Waals surface area contributed by atoms with Crippen LogP contribution in [0.25, 0.3) is 0 Å². The molecule has 0 aromatic heterocycles. The van der Waals surface area contributed by atoms with E-state index in [0.717, 1.165) is 12.0 Å². The Bertz CT molecular complexity index is 688. The third-order valence-electron chi connectivity index (χ3n) is 6.99. The fraction of sp³-hybridized carbons (Fsp3) is 0.800. The van der Waals surface area contributed by atoms with Crippen molar-refractivity contribution in [3.63, 3.8) is 0 Å². The number of carboxylic acids is 1. The Morgan fingerprint density at radius 3 is 2.53 bits per heavy atom. The maximum Gasteiger partial charge on any atom is 0.305 e. The summed E-state index contributed by atoms with van der Waals surface area (Å²) in [7, 11) is 1.62. The average molecular weight is 455 g/mol. The largest absolute Gasteiger partial charge is 0.481 e. The number of rotatable bonds is 11. The van der Waals surface area contributed by atoms with E-state index in [1.807, 2.05) is 26.0 Å². The number of carbonyl (C=O) groups is 1. The zero-order valence-corrected chi connectivity index (χ0v) is 20.5. The fourth-order valence-electron chi connectivity index (χ4n) is 5.23. The highest BCUT2D eigenvalue weighted by Gasteiger charge is 2.56. The number of allylic oxidation sites excluding steroid dienone is 3. The molecule has 7 heteroatoms. The Labute approximate surface area is 192 Å². The summed E-state index contributed by atoms with van der Waals surface area (Å²) in [5.41, 5.74) is 0.735. The Kier molecular flexibility index (Phi) is 9.49. The van der Waals surface area contributed by atoms with Gasteiger partial charge in [-0.2, -0.15) is 0 Å². The van der Waals surface area contributed by atoms with E-state index >= 15 is 0 Å².